The molecule has 0 aliphatic heterocycles. The number of para-hydroxylation sites is 1. The van der Waals surface area contributed by atoms with Crippen molar-refractivity contribution in [2.75, 3.05) is 5.32 Å². The number of rotatable bonds is 6. The molecule has 0 fully saturated rings. The third-order valence-corrected chi connectivity index (χ3v) is 6.03. The van der Waals surface area contributed by atoms with Crippen LogP contribution in [0.2, 0.25) is 0 Å². The number of amides is 1. The van der Waals surface area contributed by atoms with Gasteiger partial charge in [-0.15, -0.1) is 0 Å². The van der Waals surface area contributed by atoms with Crippen LogP contribution in [0.25, 0.3) is 10.9 Å². The van der Waals surface area contributed by atoms with Gasteiger partial charge in [-0.3, -0.25) is 9.78 Å². The number of fused-ring (bicyclic) bond motifs is 1. The van der Waals surface area contributed by atoms with Crippen molar-refractivity contribution in [2.24, 2.45) is 0 Å². The van der Waals surface area contributed by atoms with E-state index in [1.54, 1.807) is 31.3 Å². The molecule has 2 N–H and O–H groups in total. The zero-order valence-corrected chi connectivity index (χ0v) is 16.9. The van der Waals surface area contributed by atoms with Gasteiger partial charge in [-0.1, -0.05) is 24.3 Å². The smallest absolute Gasteiger partial charge is 0.256 e. The summed E-state index contributed by atoms with van der Waals surface area (Å²) in [5.74, 6) is 0.0834. The average molecular weight is 421 g/mol. The molecule has 0 spiro atoms. The molecule has 0 aliphatic carbocycles. The predicted octanol–water partition coefficient (Wildman–Crippen LogP) is 3.87. The van der Waals surface area contributed by atoms with Gasteiger partial charge < -0.3 is 9.73 Å². The SMILES string of the molecule is Cc1ccc(S(=O)(=O)NCc2ccco2)cc1C(=O)Nc1cnc2ccccc2c1. The Morgan fingerprint density at radius 1 is 1.07 bits per heavy atom. The number of nitrogens with one attached hydrogen (secondary N) is 2. The summed E-state index contributed by atoms with van der Waals surface area (Å²) in [4.78, 5) is 17.2. The Bertz CT molecular complexity index is 1320. The van der Waals surface area contributed by atoms with Crippen LogP contribution in [0.3, 0.4) is 0 Å². The van der Waals surface area contributed by atoms with Crippen LogP contribution in [0, 0.1) is 6.92 Å². The first-order valence-corrected chi connectivity index (χ1v) is 10.7. The molecule has 8 heteroatoms. The van der Waals surface area contributed by atoms with E-state index in [-0.39, 0.29) is 17.0 Å². The minimum atomic E-state index is -3.81. The zero-order valence-electron chi connectivity index (χ0n) is 16.1. The third-order valence-electron chi connectivity index (χ3n) is 4.63. The van der Waals surface area contributed by atoms with Crippen molar-refractivity contribution in [1.82, 2.24) is 9.71 Å². The van der Waals surface area contributed by atoms with Crippen LogP contribution in [0.15, 0.2) is 82.4 Å². The number of hydrogen-bond donors (Lipinski definition) is 2. The zero-order chi connectivity index (χ0) is 21.1. The fraction of sp³-hybridized carbons (Fsp3) is 0.0909. The minimum Gasteiger partial charge on any atom is -0.468 e. The Labute approximate surface area is 173 Å². The molecule has 152 valence electrons. The first-order valence-electron chi connectivity index (χ1n) is 9.21. The summed E-state index contributed by atoms with van der Waals surface area (Å²) in [6.45, 7) is 1.77. The van der Waals surface area contributed by atoms with E-state index in [0.29, 0.717) is 17.0 Å². The maximum absolute atomic E-state index is 12.8. The van der Waals surface area contributed by atoms with E-state index in [9.17, 15) is 13.2 Å². The van der Waals surface area contributed by atoms with Gasteiger partial charge in [0.2, 0.25) is 10.0 Å². The molecule has 0 bridgehead atoms. The highest BCUT2D eigenvalue weighted by atomic mass is 32.2. The molecule has 0 atom stereocenters. The number of furan rings is 1. The molecule has 0 saturated carbocycles. The lowest BCUT2D eigenvalue weighted by atomic mass is 10.1. The van der Waals surface area contributed by atoms with Gasteiger partial charge in [0.25, 0.3) is 5.91 Å². The lowest BCUT2D eigenvalue weighted by molar-refractivity contribution is 0.102. The molecule has 7 nitrogen and oxygen atoms in total. The van der Waals surface area contributed by atoms with E-state index in [1.165, 1.54) is 18.4 Å². The van der Waals surface area contributed by atoms with Gasteiger partial charge in [-0.05, 0) is 48.9 Å². The second kappa shape index (κ2) is 8.10. The van der Waals surface area contributed by atoms with Crippen molar-refractivity contribution in [3.8, 4) is 0 Å². The van der Waals surface area contributed by atoms with Gasteiger partial charge >= 0.3 is 0 Å². The van der Waals surface area contributed by atoms with Gasteiger partial charge in [0.15, 0.2) is 0 Å². The Hall–Kier alpha value is -3.49. The Balaban J connectivity index is 1.56. The highest BCUT2D eigenvalue weighted by molar-refractivity contribution is 7.89. The summed E-state index contributed by atoms with van der Waals surface area (Å²) in [5, 5.41) is 3.69. The maximum Gasteiger partial charge on any atom is 0.256 e. The summed E-state index contributed by atoms with van der Waals surface area (Å²) in [7, 11) is -3.81. The molecule has 2 aromatic carbocycles. The van der Waals surface area contributed by atoms with Crippen molar-refractivity contribution in [3.05, 3.63) is 90.0 Å². The number of nitrogens with zero attached hydrogens (tertiary/aromatic N) is 1. The standard InChI is InChI=1S/C22H19N3O4S/c1-15-8-9-19(30(27,28)24-14-18-6-4-10-29-18)12-20(15)22(26)25-17-11-16-5-2-3-7-21(16)23-13-17/h2-13,24H,14H2,1H3,(H,25,26). The molecule has 0 radical (unpaired) electrons. The molecule has 4 rings (SSSR count). The Kier molecular flexibility index (Phi) is 5.35. The number of carbonyl (C=O) groups is 1. The molecule has 2 aromatic heterocycles. The summed E-state index contributed by atoms with van der Waals surface area (Å²) in [5.41, 5.74) is 2.28. The van der Waals surface area contributed by atoms with E-state index in [1.807, 2.05) is 30.3 Å². The van der Waals surface area contributed by atoms with Gasteiger partial charge in [-0.25, -0.2) is 13.1 Å². The van der Waals surface area contributed by atoms with Crippen LogP contribution >= 0.6 is 0 Å². The van der Waals surface area contributed by atoms with Crippen LogP contribution in [-0.2, 0) is 16.6 Å². The summed E-state index contributed by atoms with van der Waals surface area (Å²) in [6.07, 6.45) is 3.04. The number of aryl methyl sites for hydroxylation is 1. The fourth-order valence-electron chi connectivity index (χ4n) is 3.01. The van der Waals surface area contributed by atoms with E-state index >= 15 is 0 Å². The number of aromatic nitrogens is 1. The second-order valence-corrected chi connectivity index (χ2v) is 8.52. The monoisotopic (exact) mass is 421 g/mol. The van der Waals surface area contributed by atoms with Crippen LogP contribution in [-0.4, -0.2) is 19.3 Å². The van der Waals surface area contributed by atoms with Gasteiger partial charge in [0.1, 0.15) is 5.76 Å². The molecule has 0 aliphatic rings. The van der Waals surface area contributed by atoms with Crippen molar-refractivity contribution in [3.63, 3.8) is 0 Å². The van der Waals surface area contributed by atoms with Crippen molar-refractivity contribution in [2.45, 2.75) is 18.4 Å². The summed E-state index contributed by atoms with van der Waals surface area (Å²) in [6, 6.07) is 17.2. The molecule has 0 saturated heterocycles. The first kappa shape index (κ1) is 19.8. The molecule has 2 heterocycles. The average Bonchev–Trinajstić information content (AvgIpc) is 3.26. The molecule has 4 aromatic rings. The lowest BCUT2D eigenvalue weighted by Crippen LogP contribution is -2.24. The molecular formula is C22H19N3O4S. The van der Waals surface area contributed by atoms with Crippen LogP contribution in [0.5, 0.6) is 0 Å². The molecular weight excluding hydrogens is 402 g/mol. The highest BCUT2D eigenvalue weighted by Gasteiger charge is 2.18. The topological polar surface area (TPSA) is 101 Å². The van der Waals surface area contributed by atoms with Crippen molar-refractivity contribution < 1.29 is 17.6 Å². The number of carbonyl (C=O) groups excluding carboxylic acids is 1. The van der Waals surface area contributed by atoms with Gasteiger partial charge in [-0.2, -0.15) is 0 Å². The second-order valence-electron chi connectivity index (χ2n) is 6.75. The van der Waals surface area contributed by atoms with Gasteiger partial charge in [0.05, 0.1) is 35.1 Å². The Morgan fingerprint density at radius 2 is 1.90 bits per heavy atom. The molecule has 0 unspecified atom stereocenters. The number of anilines is 1. The van der Waals surface area contributed by atoms with E-state index in [0.717, 1.165) is 10.9 Å². The minimum absolute atomic E-state index is 0.00134. The summed E-state index contributed by atoms with van der Waals surface area (Å²) < 4.78 is 32.9. The van der Waals surface area contributed by atoms with Crippen molar-refractivity contribution >= 4 is 32.5 Å². The lowest BCUT2D eigenvalue weighted by Gasteiger charge is -2.11. The molecule has 1 amide bonds. The van der Waals surface area contributed by atoms with Crippen molar-refractivity contribution in [1.29, 1.82) is 0 Å². The highest BCUT2D eigenvalue weighted by Crippen LogP contribution is 2.20. The van der Waals surface area contributed by atoms with E-state index in [2.05, 4.69) is 15.0 Å². The van der Waals surface area contributed by atoms with Crippen LogP contribution in [0.4, 0.5) is 5.69 Å². The fourth-order valence-corrected chi connectivity index (χ4v) is 4.03. The number of pyridine rings is 1. The number of sulfonamides is 1. The van der Waals surface area contributed by atoms with Gasteiger partial charge in [0, 0.05) is 10.9 Å². The number of hydrogen-bond acceptors (Lipinski definition) is 5. The molecule has 30 heavy (non-hydrogen) atoms. The van der Waals surface area contributed by atoms with Crippen LogP contribution < -0.4 is 10.0 Å². The van der Waals surface area contributed by atoms with E-state index < -0.39 is 15.9 Å². The maximum atomic E-state index is 12.8. The third kappa shape index (κ3) is 4.24. The first-order chi connectivity index (χ1) is 14.4. The quantitative estimate of drug-likeness (QED) is 0.492. The normalized spacial score (nSPS) is 11.5. The Morgan fingerprint density at radius 3 is 2.70 bits per heavy atom. The van der Waals surface area contributed by atoms with Crippen LogP contribution in [0.1, 0.15) is 21.7 Å². The van der Waals surface area contributed by atoms with E-state index in [4.69, 9.17) is 4.42 Å². The largest absolute Gasteiger partial charge is 0.468 e. The summed E-state index contributed by atoms with van der Waals surface area (Å²) >= 11 is 0. The number of benzene rings is 2. The predicted molar refractivity (Wildman–Crippen MR) is 114 cm³/mol.